The lowest BCUT2D eigenvalue weighted by Crippen LogP contribution is -1.91. The topological polar surface area (TPSA) is 0 Å². The predicted molar refractivity (Wildman–Crippen MR) is 82.3 cm³/mol. The first kappa shape index (κ1) is 18.3. The molecule has 0 aliphatic carbocycles. The zero-order chi connectivity index (χ0) is 13.7. The predicted octanol–water partition coefficient (Wildman–Crippen LogP) is 6.08. The number of hydrogen-bond acceptors (Lipinski definition) is 0. The molecule has 0 saturated carbocycles. The molecule has 0 bridgehead atoms. The Bertz CT molecular complexity index is 241. The minimum Gasteiger partial charge on any atom is -0.0991 e. The molecule has 0 unspecified atom stereocenters. The SMILES string of the molecule is C=C(C)C(=C)C(C)C.C=CC=CCCCCC. The minimum atomic E-state index is 0.549. The molecule has 0 radical (unpaired) electrons. The maximum absolute atomic E-state index is 3.85. The van der Waals surface area contributed by atoms with Crippen LogP contribution < -0.4 is 0 Å². The van der Waals surface area contributed by atoms with Crippen molar-refractivity contribution in [2.24, 2.45) is 5.92 Å². The van der Waals surface area contributed by atoms with Crippen LogP contribution in [0.1, 0.15) is 53.4 Å². The highest BCUT2D eigenvalue weighted by atomic mass is 14.0. The second-order valence-electron chi connectivity index (χ2n) is 4.62. The fourth-order valence-corrected chi connectivity index (χ4v) is 1.20. The molecule has 0 spiro atoms. The van der Waals surface area contributed by atoms with Gasteiger partial charge in [-0.15, -0.1) is 0 Å². The van der Waals surface area contributed by atoms with Gasteiger partial charge < -0.3 is 0 Å². The summed E-state index contributed by atoms with van der Waals surface area (Å²) in [5, 5.41) is 0. The summed E-state index contributed by atoms with van der Waals surface area (Å²) >= 11 is 0. The van der Waals surface area contributed by atoms with Crippen molar-refractivity contribution >= 4 is 0 Å². The highest BCUT2D eigenvalue weighted by molar-refractivity contribution is 5.23. The van der Waals surface area contributed by atoms with Gasteiger partial charge in [0.05, 0.1) is 0 Å². The van der Waals surface area contributed by atoms with Gasteiger partial charge in [-0.25, -0.2) is 0 Å². The highest BCUT2D eigenvalue weighted by Gasteiger charge is 1.97. The summed E-state index contributed by atoms with van der Waals surface area (Å²) in [5.74, 6) is 0.549. The van der Waals surface area contributed by atoms with Crippen LogP contribution in [0.5, 0.6) is 0 Å². The van der Waals surface area contributed by atoms with E-state index >= 15 is 0 Å². The summed E-state index contributed by atoms with van der Waals surface area (Å²) in [7, 11) is 0. The third-order valence-electron chi connectivity index (χ3n) is 2.49. The van der Waals surface area contributed by atoms with Crippen molar-refractivity contribution in [2.45, 2.75) is 53.4 Å². The first-order valence-electron chi connectivity index (χ1n) is 6.59. The molecule has 0 rings (SSSR count). The molecule has 0 heteroatoms. The number of unbranched alkanes of at least 4 members (excludes halogenated alkanes) is 3. The van der Waals surface area contributed by atoms with Gasteiger partial charge in [-0.3, -0.25) is 0 Å². The van der Waals surface area contributed by atoms with E-state index < -0.39 is 0 Å². The van der Waals surface area contributed by atoms with Gasteiger partial charge in [-0.2, -0.15) is 0 Å². The molecule has 0 atom stereocenters. The first-order valence-corrected chi connectivity index (χ1v) is 6.59. The molecule has 0 fully saturated rings. The average molecular weight is 234 g/mol. The van der Waals surface area contributed by atoms with E-state index in [1.165, 1.54) is 25.7 Å². The Kier molecular flexibility index (Phi) is 14.0. The summed E-state index contributed by atoms with van der Waals surface area (Å²) in [6.07, 6.45) is 11.2. The molecule has 0 aliphatic heterocycles. The van der Waals surface area contributed by atoms with Crippen LogP contribution in [-0.2, 0) is 0 Å². The van der Waals surface area contributed by atoms with Crippen molar-refractivity contribution in [3.05, 3.63) is 49.1 Å². The van der Waals surface area contributed by atoms with E-state index in [9.17, 15) is 0 Å². The van der Waals surface area contributed by atoms with E-state index in [1.54, 1.807) is 0 Å². The maximum Gasteiger partial charge on any atom is -0.0222 e. The van der Waals surface area contributed by atoms with Gasteiger partial charge in [0, 0.05) is 0 Å². The lowest BCUT2D eigenvalue weighted by atomic mass is 10.00. The van der Waals surface area contributed by atoms with Gasteiger partial charge in [0.25, 0.3) is 0 Å². The normalized spacial score (nSPS) is 9.94. The van der Waals surface area contributed by atoms with Crippen molar-refractivity contribution < 1.29 is 0 Å². The zero-order valence-electron chi connectivity index (χ0n) is 12.3. The van der Waals surface area contributed by atoms with Crippen molar-refractivity contribution in [1.29, 1.82) is 0 Å². The summed E-state index contributed by atoms with van der Waals surface area (Å²) in [6, 6.07) is 0. The first-order chi connectivity index (χ1) is 7.97. The van der Waals surface area contributed by atoms with Crippen LogP contribution in [0.25, 0.3) is 0 Å². The van der Waals surface area contributed by atoms with Gasteiger partial charge in [0.15, 0.2) is 0 Å². The Hall–Kier alpha value is -1.04. The molecule has 0 aromatic heterocycles. The summed E-state index contributed by atoms with van der Waals surface area (Å²) < 4.78 is 0. The summed E-state index contributed by atoms with van der Waals surface area (Å²) in [4.78, 5) is 0. The number of rotatable bonds is 7. The Labute approximate surface area is 109 Å². The van der Waals surface area contributed by atoms with Crippen LogP contribution in [0, 0.1) is 5.92 Å². The maximum atomic E-state index is 3.85. The molecule has 17 heavy (non-hydrogen) atoms. The molecule has 0 heterocycles. The Morgan fingerprint density at radius 1 is 1.18 bits per heavy atom. The molecule has 0 amide bonds. The average Bonchev–Trinajstić information content (AvgIpc) is 2.28. The molecule has 98 valence electrons. The second-order valence-corrected chi connectivity index (χ2v) is 4.62. The summed E-state index contributed by atoms with van der Waals surface area (Å²) in [6.45, 7) is 19.7. The van der Waals surface area contributed by atoms with Crippen molar-refractivity contribution in [1.82, 2.24) is 0 Å². The number of allylic oxidation sites excluding steroid dienone is 5. The van der Waals surface area contributed by atoms with E-state index in [1.807, 2.05) is 19.1 Å². The van der Waals surface area contributed by atoms with Crippen molar-refractivity contribution in [3.8, 4) is 0 Å². The van der Waals surface area contributed by atoms with Gasteiger partial charge >= 0.3 is 0 Å². The van der Waals surface area contributed by atoms with E-state index in [4.69, 9.17) is 0 Å². The third-order valence-corrected chi connectivity index (χ3v) is 2.49. The molecule has 0 aliphatic rings. The van der Waals surface area contributed by atoms with E-state index in [0.717, 1.165) is 11.1 Å². The zero-order valence-corrected chi connectivity index (χ0v) is 12.3. The monoisotopic (exact) mass is 234 g/mol. The fraction of sp³-hybridized carbons (Fsp3) is 0.529. The highest BCUT2D eigenvalue weighted by Crippen LogP contribution is 2.13. The molecule has 0 aromatic rings. The molecular weight excluding hydrogens is 204 g/mol. The molecule has 0 aromatic carbocycles. The standard InChI is InChI=1S/C9H16.C8H14/c1-3-5-7-9-8-6-4-2;1-6(2)8(5)7(3)4/h3,5,7H,1,4,6,8-9H2,2H3;7H,1,5H2,2-4H3. The lowest BCUT2D eigenvalue weighted by Gasteiger charge is -2.06. The molecular formula is C17H30. The third kappa shape index (κ3) is 15.0. The van der Waals surface area contributed by atoms with Crippen molar-refractivity contribution in [2.75, 3.05) is 0 Å². The minimum absolute atomic E-state index is 0.549. The van der Waals surface area contributed by atoms with Gasteiger partial charge in [-0.05, 0) is 25.7 Å². The molecule has 0 nitrogen and oxygen atoms in total. The van der Waals surface area contributed by atoms with Crippen LogP contribution >= 0.6 is 0 Å². The van der Waals surface area contributed by atoms with Gasteiger partial charge in [0.1, 0.15) is 0 Å². The van der Waals surface area contributed by atoms with Gasteiger partial charge in [0.2, 0.25) is 0 Å². The molecule has 0 N–H and O–H groups in total. The van der Waals surface area contributed by atoms with Crippen LogP contribution in [0.4, 0.5) is 0 Å². The van der Waals surface area contributed by atoms with Crippen LogP contribution in [-0.4, -0.2) is 0 Å². The quantitative estimate of drug-likeness (QED) is 0.370. The van der Waals surface area contributed by atoms with E-state index in [0.29, 0.717) is 5.92 Å². The summed E-state index contributed by atoms with van der Waals surface area (Å²) in [5.41, 5.74) is 2.25. The second kappa shape index (κ2) is 13.0. The van der Waals surface area contributed by atoms with Crippen molar-refractivity contribution in [3.63, 3.8) is 0 Å². The smallest absolute Gasteiger partial charge is 0.0222 e. The fourth-order valence-electron chi connectivity index (χ4n) is 1.20. The Morgan fingerprint density at radius 3 is 2.06 bits per heavy atom. The Morgan fingerprint density at radius 2 is 1.76 bits per heavy atom. The van der Waals surface area contributed by atoms with E-state index in [-0.39, 0.29) is 0 Å². The van der Waals surface area contributed by atoms with Crippen LogP contribution in [0.15, 0.2) is 49.1 Å². The molecule has 0 saturated heterocycles. The van der Waals surface area contributed by atoms with Gasteiger partial charge in [-0.1, -0.05) is 82.7 Å². The number of hydrogen-bond donors (Lipinski definition) is 0. The van der Waals surface area contributed by atoms with Crippen LogP contribution in [0.3, 0.4) is 0 Å². The lowest BCUT2D eigenvalue weighted by molar-refractivity contribution is 0.729. The van der Waals surface area contributed by atoms with Crippen LogP contribution in [0.2, 0.25) is 0 Å². The van der Waals surface area contributed by atoms with E-state index in [2.05, 4.69) is 46.6 Å². The Balaban J connectivity index is 0. The largest absolute Gasteiger partial charge is 0.0991 e.